The van der Waals surface area contributed by atoms with Crippen LogP contribution in [0, 0.1) is 0 Å². The maximum Gasteiger partial charge on any atom is 0.119 e. The fourth-order valence-electron chi connectivity index (χ4n) is 9.99. The molecule has 7 nitrogen and oxygen atoms in total. The Kier molecular flexibility index (Phi) is 13.2. The van der Waals surface area contributed by atoms with Gasteiger partial charge in [0.1, 0.15) is 11.5 Å². The molecule has 5 aromatic carbocycles. The molecule has 346 valence electrons. The van der Waals surface area contributed by atoms with Crippen LogP contribution in [0.2, 0.25) is 0 Å². The van der Waals surface area contributed by atoms with E-state index in [1.54, 1.807) is 0 Å². The van der Waals surface area contributed by atoms with E-state index < -0.39 is 0 Å². The molecule has 2 N–H and O–H groups in total. The molecule has 70 heavy (non-hydrogen) atoms. The first-order chi connectivity index (χ1) is 34.6. The lowest BCUT2D eigenvalue weighted by molar-refractivity contribution is 0.296. The van der Waals surface area contributed by atoms with Gasteiger partial charge in [0.25, 0.3) is 0 Å². The number of aromatic nitrogens is 4. The molecule has 8 bridgehead atoms. The van der Waals surface area contributed by atoms with Crippen molar-refractivity contribution in [3.8, 4) is 56.0 Å². The van der Waals surface area contributed by atoms with Crippen LogP contribution in [0.25, 0.3) is 90.9 Å². The minimum atomic E-state index is 0.370. The summed E-state index contributed by atoms with van der Waals surface area (Å²) in [6, 6.07) is 57.7. The van der Waals surface area contributed by atoms with Gasteiger partial charge < -0.3 is 19.4 Å². The molecule has 0 aliphatic carbocycles. The van der Waals surface area contributed by atoms with Crippen molar-refractivity contribution < 1.29 is 9.47 Å². The minimum Gasteiger partial charge on any atom is -0.494 e. The van der Waals surface area contributed by atoms with Crippen LogP contribution in [0.1, 0.15) is 72.9 Å². The van der Waals surface area contributed by atoms with Gasteiger partial charge in [0.2, 0.25) is 0 Å². The summed E-state index contributed by atoms with van der Waals surface area (Å²) in [7, 11) is 2.16. The van der Waals surface area contributed by atoms with Gasteiger partial charge in [-0.2, -0.15) is 0 Å². The van der Waals surface area contributed by atoms with Gasteiger partial charge in [-0.15, -0.1) is 0 Å². The van der Waals surface area contributed by atoms with Crippen molar-refractivity contribution in [1.29, 1.82) is 0 Å². The lowest BCUT2D eigenvalue weighted by Gasteiger charge is -2.19. The van der Waals surface area contributed by atoms with E-state index in [0.717, 1.165) is 133 Å². The Balaban J connectivity index is 0.854. The zero-order valence-corrected chi connectivity index (χ0v) is 39.7. The second-order valence-electron chi connectivity index (χ2n) is 18.3. The van der Waals surface area contributed by atoms with Crippen LogP contribution in [0.5, 0.6) is 11.5 Å². The third-order valence-corrected chi connectivity index (χ3v) is 13.6. The SMILES string of the molecule is CN1CC=CC1c1ccc(OCCCCCCCCOc2ccc(-c3c4nc(c(-c5ccccc5)c5ccc([nH]5)c(-c5ccccc5)c5nc(c(-c6ccccc6)c6ccc3[nH]6)C=C5)C=C4)cc2)cc1. The number of hydrogen-bond donors (Lipinski definition) is 2. The molecule has 3 aliphatic heterocycles. The fraction of sp³-hybridized carbons (Fsp3) is 0.175. The standard InChI is InChI=1S/C63H57N5O2/c1-68-41-17-24-59(68)44-25-29-49(30-26-44)69-42-15-4-2-3-5-16-43-70-50-31-27-48(28-32-50)63-57-39-37-55(66-57)61(46-20-11-7-12-21-46)53-35-33-51(64-53)60(45-18-9-6-10-19-45)52-34-36-54(65-52)62(47-22-13-8-14-23-47)56-38-40-58(63)67-56/h6-14,17-40,59,64,67H,2-5,15-16,41-43H2,1H3. The Morgan fingerprint density at radius 1 is 0.429 bits per heavy atom. The highest BCUT2D eigenvalue weighted by Crippen LogP contribution is 2.39. The van der Waals surface area contributed by atoms with Crippen molar-refractivity contribution in [2.45, 2.75) is 44.6 Å². The highest BCUT2D eigenvalue weighted by molar-refractivity contribution is 5.99. The molecule has 6 heterocycles. The molecule has 8 aromatic rings. The van der Waals surface area contributed by atoms with E-state index in [4.69, 9.17) is 19.4 Å². The Morgan fingerprint density at radius 2 is 0.786 bits per heavy atom. The van der Waals surface area contributed by atoms with E-state index in [1.165, 1.54) is 24.8 Å². The quantitative estimate of drug-likeness (QED) is 0.0746. The second-order valence-corrected chi connectivity index (χ2v) is 18.3. The van der Waals surface area contributed by atoms with Gasteiger partial charge in [-0.05, 0) is 121 Å². The first-order valence-corrected chi connectivity index (χ1v) is 24.8. The Labute approximate surface area is 410 Å². The number of unbranched alkanes of at least 4 members (excludes halogenated alkanes) is 5. The average molecular weight is 916 g/mol. The van der Waals surface area contributed by atoms with Gasteiger partial charge in [-0.25, -0.2) is 9.97 Å². The number of benzene rings is 5. The van der Waals surface area contributed by atoms with Crippen LogP contribution in [-0.2, 0) is 0 Å². The van der Waals surface area contributed by atoms with Crippen molar-refractivity contribution in [3.63, 3.8) is 0 Å². The first kappa shape index (κ1) is 44.5. The van der Waals surface area contributed by atoms with E-state index >= 15 is 0 Å². The van der Waals surface area contributed by atoms with Crippen LogP contribution >= 0.6 is 0 Å². The van der Waals surface area contributed by atoms with E-state index in [2.05, 4.69) is 222 Å². The van der Waals surface area contributed by atoms with Crippen LogP contribution < -0.4 is 9.47 Å². The van der Waals surface area contributed by atoms with Gasteiger partial charge >= 0.3 is 0 Å². The Morgan fingerprint density at radius 3 is 1.16 bits per heavy atom. The largest absolute Gasteiger partial charge is 0.494 e. The predicted molar refractivity (Wildman–Crippen MR) is 290 cm³/mol. The molecule has 11 rings (SSSR count). The Bertz CT molecular complexity index is 3310. The predicted octanol–water partition coefficient (Wildman–Crippen LogP) is 15.7. The summed E-state index contributed by atoms with van der Waals surface area (Å²) in [5.41, 5.74) is 17.2. The maximum absolute atomic E-state index is 6.32. The van der Waals surface area contributed by atoms with E-state index in [0.29, 0.717) is 12.6 Å². The smallest absolute Gasteiger partial charge is 0.119 e. The van der Waals surface area contributed by atoms with Crippen LogP contribution in [-0.4, -0.2) is 51.6 Å². The summed E-state index contributed by atoms with van der Waals surface area (Å²) in [6.07, 6.45) is 19.9. The summed E-state index contributed by atoms with van der Waals surface area (Å²) < 4.78 is 12.4. The fourth-order valence-corrected chi connectivity index (χ4v) is 9.99. The average Bonchev–Trinajstić information content (AvgIpc) is 4.29. The lowest BCUT2D eigenvalue weighted by Crippen LogP contribution is -2.18. The highest BCUT2D eigenvalue weighted by Gasteiger charge is 2.20. The summed E-state index contributed by atoms with van der Waals surface area (Å²) in [5, 5.41) is 0. The van der Waals surface area contributed by atoms with Crippen molar-refractivity contribution >= 4 is 46.4 Å². The van der Waals surface area contributed by atoms with Gasteiger partial charge in [0.15, 0.2) is 0 Å². The number of ether oxygens (including phenoxy) is 2. The number of rotatable bonds is 16. The van der Waals surface area contributed by atoms with Gasteiger partial charge in [0, 0.05) is 50.9 Å². The number of nitrogens with zero attached hydrogens (tertiary/aromatic N) is 3. The van der Waals surface area contributed by atoms with Crippen LogP contribution in [0.15, 0.2) is 176 Å². The molecule has 3 aromatic heterocycles. The number of fused-ring (bicyclic) bond motifs is 8. The minimum absolute atomic E-state index is 0.370. The monoisotopic (exact) mass is 915 g/mol. The normalized spacial score (nSPS) is 14.1. The molecule has 1 atom stereocenters. The van der Waals surface area contributed by atoms with Crippen LogP contribution in [0.3, 0.4) is 0 Å². The molecule has 0 saturated heterocycles. The van der Waals surface area contributed by atoms with Crippen molar-refractivity contribution in [1.82, 2.24) is 24.8 Å². The summed E-state index contributed by atoms with van der Waals surface area (Å²) in [6.45, 7) is 2.45. The Hall–Kier alpha value is -8.00. The summed E-state index contributed by atoms with van der Waals surface area (Å²) in [5.74, 6) is 1.82. The third-order valence-electron chi connectivity index (χ3n) is 13.6. The molecule has 0 saturated carbocycles. The number of H-pyrrole nitrogens is 2. The molecular weight excluding hydrogens is 859 g/mol. The molecule has 0 radical (unpaired) electrons. The van der Waals surface area contributed by atoms with Gasteiger partial charge in [-0.1, -0.05) is 153 Å². The molecule has 0 fully saturated rings. The summed E-state index contributed by atoms with van der Waals surface area (Å²) >= 11 is 0. The van der Waals surface area contributed by atoms with E-state index in [1.807, 2.05) is 0 Å². The van der Waals surface area contributed by atoms with Crippen molar-refractivity contribution in [3.05, 3.63) is 204 Å². The lowest BCUT2D eigenvalue weighted by atomic mass is 10.0. The zero-order chi connectivity index (χ0) is 47.1. The van der Waals surface area contributed by atoms with Gasteiger partial charge in [-0.3, -0.25) is 4.90 Å². The number of aromatic amines is 2. The molecular formula is C63H57N5O2. The third kappa shape index (κ3) is 9.67. The second kappa shape index (κ2) is 20.7. The maximum atomic E-state index is 6.32. The highest BCUT2D eigenvalue weighted by atomic mass is 16.5. The number of hydrogen-bond acceptors (Lipinski definition) is 5. The van der Waals surface area contributed by atoms with E-state index in [-0.39, 0.29) is 0 Å². The van der Waals surface area contributed by atoms with Crippen molar-refractivity contribution in [2.24, 2.45) is 0 Å². The van der Waals surface area contributed by atoms with Gasteiger partial charge in [0.05, 0.1) is 42.0 Å². The molecule has 7 heteroatoms. The molecule has 0 amide bonds. The molecule has 0 spiro atoms. The first-order valence-electron chi connectivity index (χ1n) is 24.8. The van der Waals surface area contributed by atoms with E-state index in [9.17, 15) is 0 Å². The summed E-state index contributed by atoms with van der Waals surface area (Å²) in [4.78, 5) is 20.9. The number of nitrogens with one attached hydrogen (secondary N) is 2. The van der Waals surface area contributed by atoms with Crippen molar-refractivity contribution in [2.75, 3.05) is 26.8 Å². The molecule has 1 unspecified atom stereocenters. The molecule has 3 aliphatic rings. The topological polar surface area (TPSA) is 79.1 Å². The van der Waals surface area contributed by atoms with Crippen LogP contribution in [0.4, 0.5) is 0 Å². The zero-order valence-electron chi connectivity index (χ0n) is 39.7. The number of likely N-dealkylation sites (N-methyl/N-ethyl adjacent to an activating group) is 1.